The first kappa shape index (κ1) is 33.7. The van der Waals surface area contributed by atoms with Gasteiger partial charge in [-0.05, 0) is 55.9 Å². The summed E-state index contributed by atoms with van der Waals surface area (Å²) < 4.78 is 67.8. The second-order valence-corrected chi connectivity index (χ2v) is 11.6. The first-order valence-corrected chi connectivity index (χ1v) is 15.1. The number of alkyl halides is 3. The topological polar surface area (TPSA) is 88.2 Å². The summed E-state index contributed by atoms with van der Waals surface area (Å²) in [7, 11) is 0. The molecular formula is C30H37ClF5N5O3. The maximum Gasteiger partial charge on any atom is 0.390 e. The predicted molar refractivity (Wildman–Crippen MR) is 158 cm³/mol. The summed E-state index contributed by atoms with van der Waals surface area (Å²) in [4.78, 5) is 30.8. The van der Waals surface area contributed by atoms with E-state index in [9.17, 15) is 27.2 Å². The number of aliphatic hydroxyl groups excluding tert-OH is 1. The van der Waals surface area contributed by atoms with Crippen molar-refractivity contribution in [2.45, 2.75) is 44.8 Å². The lowest BCUT2D eigenvalue weighted by molar-refractivity contribution is -0.138. The van der Waals surface area contributed by atoms with Gasteiger partial charge in [-0.15, -0.1) is 0 Å². The Hall–Kier alpha value is -3.16. The average molecular weight is 646 g/mol. The molecule has 3 N–H and O–H groups in total. The standard InChI is InChI=1S/C30H37ClF5N5O3/c31-22-4-6-24(25(18-22)40-15-13-39(14-16-40)12-9-30(34,35)36)38-28(43)23-5-3-21(26(32)27(23)33)19-37-29(44)41-10-7-20(8-11-41)2-1-17-42/h3-6,18,20,42H,1-2,7-17,19H2,(H,37,44)(H,38,43). The zero-order valence-electron chi connectivity index (χ0n) is 24.2. The molecule has 0 saturated carbocycles. The number of benzene rings is 2. The lowest BCUT2D eigenvalue weighted by Gasteiger charge is -2.37. The number of nitrogens with zero attached hydrogens (tertiary/aromatic N) is 3. The Morgan fingerprint density at radius 1 is 0.977 bits per heavy atom. The number of piperidine rings is 1. The molecule has 0 spiro atoms. The Morgan fingerprint density at radius 3 is 2.34 bits per heavy atom. The Balaban J connectivity index is 1.35. The first-order chi connectivity index (χ1) is 20.9. The summed E-state index contributed by atoms with van der Waals surface area (Å²) in [6.07, 6.45) is -1.88. The van der Waals surface area contributed by atoms with Crippen LogP contribution < -0.4 is 15.5 Å². The van der Waals surface area contributed by atoms with Gasteiger partial charge in [-0.3, -0.25) is 9.69 Å². The van der Waals surface area contributed by atoms with Crippen LogP contribution in [-0.4, -0.2) is 85.4 Å². The van der Waals surface area contributed by atoms with E-state index in [1.165, 1.54) is 18.2 Å². The van der Waals surface area contributed by atoms with Gasteiger partial charge in [-0.1, -0.05) is 17.7 Å². The minimum absolute atomic E-state index is 0.105. The number of rotatable bonds is 10. The normalized spacial score (nSPS) is 16.7. The molecule has 8 nitrogen and oxygen atoms in total. The van der Waals surface area contributed by atoms with Gasteiger partial charge in [0.15, 0.2) is 11.6 Å². The lowest BCUT2D eigenvalue weighted by Crippen LogP contribution is -2.47. The molecule has 2 aliphatic heterocycles. The number of anilines is 2. The molecular weight excluding hydrogens is 609 g/mol. The fourth-order valence-corrected chi connectivity index (χ4v) is 5.71. The Kier molecular flexibility index (Phi) is 11.7. The molecule has 44 heavy (non-hydrogen) atoms. The van der Waals surface area contributed by atoms with Crippen molar-refractivity contribution >= 4 is 34.9 Å². The van der Waals surface area contributed by atoms with Crippen LogP contribution in [0.3, 0.4) is 0 Å². The maximum atomic E-state index is 15.1. The molecule has 2 aromatic rings. The summed E-state index contributed by atoms with van der Waals surface area (Å²) in [5.41, 5.74) is 0.166. The van der Waals surface area contributed by atoms with E-state index in [0.29, 0.717) is 61.6 Å². The van der Waals surface area contributed by atoms with Crippen LogP contribution in [0.25, 0.3) is 0 Å². The number of carbonyl (C=O) groups is 2. The van der Waals surface area contributed by atoms with Gasteiger partial charge in [-0.25, -0.2) is 13.6 Å². The van der Waals surface area contributed by atoms with Gasteiger partial charge in [-0.2, -0.15) is 13.2 Å². The first-order valence-electron chi connectivity index (χ1n) is 14.7. The van der Waals surface area contributed by atoms with E-state index in [1.54, 1.807) is 15.9 Å². The van der Waals surface area contributed by atoms with Crippen LogP contribution in [-0.2, 0) is 6.54 Å². The van der Waals surface area contributed by atoms with Crippen molar-refractivity contribution in [3.8, 4) is 0 Å². The molecule has 0 radical (unpaired) electrons. The van der Waals surface area contributed by atoms with Crippen molar-refractivity contribution < 1.29 is 36.6 Å². The Morgan fingerprint density at radius 2 is 1.68 bits per heavy atom. The highest BCUT2D eigenvalue weighted by Crippen LogP contribution is 2.31. The van der Waals surface area contributed by atoms with Gasteiger partial charge in [0.1, 0.15) is 0 Å². The van der Waals surface area contributed by atoms with E-state index in [0.717, 1.165) is 31.7 Å². The smallest absolute Gasteiger partial charge is 0.390 e. The number of nitrogens with one attached hydrogen (secondary N) is 2. The minimum atomic E-state index is -4.23. The predicted octanol–water partition coefficient (Wildman–Crippen LogP) is 5.64. The largest absolute Gasteiger partial charge is 0.396 e. The molecule has 0 bridgehead atoms. The summed E-state index contributed by atoms with van der Waals surface area (Å²) in [6.45, 7) is 2.36. The fourth-order valence-electron chi connectivity index (χ4n) is 5.55. The minimum Gasteiger partial charge on any atom is -0.396 e. The van der Waals surface area contributed by atoms with E-state index in [4.69, 9.17) is 16.7 Å². The molecule has 2 aromatic carbocycles. The molecule has 0 aromatic heterocycles. The quantitative estimate of drug-likeness (QED) is 0.291. The third-order valence-corrected chi connectivity index (χ3v) is 8.38. The average Bonchev–Trinajstić information content (AvgIpc) is 3.00. The van der Waals surface area contributed by atoms with Gasteiger partial charge >= 0.3 is 12.2 Å². The maximum absolute atomic E-state index is 15.1. The molecule has 0 unspecified atom stereocenters. The third-order valence-electron chi connectivity index (χ3n) is 8.14. The number of halogens is 6. The number of hydrogen-bond donors (Lipinski definition) is 3. The van der Waals surface area contributed by atoms with Crippen LogP contribution in [0.1, 0.15) is 48.0 Å². The van der Waals surface area contributed by atoms with Crippen molar-refractivity contribution in [2.75, 3.05) is 62.6 Å². The Labute approximate surface area is 258 Å². The molecule has 2 fully saturated rings. The number of likely N-dealkylation sites (tertiary alicyclic amines) is 1. The fraction of sp³-hybridized carbons (Fsp3) is 0.533. The van der Waals surface area contributed by atoms with Gasteiger partial charge < -0.3 is 25.5 Å². The highest BCUT2D eigenvalue weighted by atomic mass is 35.5. The van der Waals surface area contributed by atoms with Crippen LogP contribution in [0.15, 0.2) is 30.3 Å². The molecule has 4 rings (SSSR count). The number of piperazine rings is 1. The molecule has 0 atom stereocenters. The van der Waals surface area contributed by atoms with Gasteiger partial charge in [0.25, 0.3) is 5.91 Å². The number of amides is 3. The zero-order valence-corrected chi connectivity index (χ0v) is 25.0. The lowest BCUT2D eigenvalue weighted by atomic mass is 9.92. The summed E-state index contributed by atoms with van der Waals surface area (Å²) in [5.74, 6) is -3.05. The van der Waals surface area contributed by atoms with E-state index >= 15 is 4.39 Å². The number of hydrogen-bond acceptors (Lipinski definition) is 5. The summed E-state index contributed by atoms with van der Waals surface area (Å²) in [5, 5.41) is 14.6. The molecule has 3 amide bonds. The van der Waals surface area contributed by atoms with E-state index in [1.807, 2.05) is 4.90 Å². The zero-order chi connectivity index (χ0) is 31.9. The van der Waals surface area contributed by atoms with Crippen LogP contribution in [0, 0.1) is 17.6 Å². The number of carbonyl (C=O) groups excluding carboxylic acids is 2. The van der Waals surface area contributed by atoms with E-state index < -0.39 is 35.7 Å². The summed E-state index contributed by atoms with van der Waals surface area (Å²) >= 11 is 6.18. The van der Waals surface area contributed by atoms with Gasteiger partial charge in [0.2, 0.25) is 0 Å². The van der Waals surface area contributed by atoms with Crippen LogP contribution in [0.4, 0.5) is 38.1 Å². The SMILES string of the molecule is O=C(Nc1ccc(Cl)cc1N1CCN(CCC(F)(F)F)CC1)c1ccc(CNC(=O)N2CCC(CCCO)CC2)c(F)c1F. The van der Waals surface area contributed by atoms with Crippen molar-refractivity contribution in [1.82, 2.24) is 15.1 Å². The van der Waals surface area contributed by atoms with Gasteiger partial charge in [0.05, 0.1) is 23.4 Å². The molecule has 2 saturated heterocycles. The molecule has 0 aliphatic carbocycles. The van der Waals surface area contributed by atoms with Crippen molar-refractivity contribution in [3.05, 3.63) is 58.1 Å². The monoisotopic (exact) mass is 645 g/mol. The number of urea groups is 1. The molecule has 2 heterocycles. The second-order valence-electron chi connectivity index (χ2n) is 11.2. The van der Waals surface area contributed by atoms with Crippen molar-refractivity contribution in [1.29, 1.82) is 0 Å². The molecule has 14 heteroatoms. The van der Waals surface area contributed by atoms with Crippen LogP contribution in [0.2, 0.25) is 5.02 Å². The van der Waals surface area contributed by atoms with E-state index in [2.05, 4.69) is 10.6 Å². The van der Waals surface area contributed by atoms with Crippen molar-refractivity contribution in [2.24, 2.45) is 5.92 Å². The van der Waals surface area contributed by atoms with Crippen molar-refractivity contribution in [3.63, 3.8) is 0 Å². The van der Waals surface area contributed by atoms with Crippen LogP contribution >= 0.6 is 11.6 Å². The highest BCUT2D eigenvalue weighted by molar-refractivity contribution is 6.31. The molecule has 242 valence electrons. The summed E-state index contributed by atoms with van der Waals surface area (Å²) in [6, 6.07) is 6.67. The number of aliphatic hydroxyl groups is 1. The second kappa shape index (κ2) is 15.2. The van der Waals surface area contributed by atoms with Gasteiger partial charge in [0, 0.05) is 69.6 Å². The van der Waals surface area contributed by atoms with Crippen LogP contribution in [0.5, 0.6) is 0 Å². The third kappa shape index (κ3) is 9.18. The molecule has 2 aliphatic rings. The van der Waals surface area contributed by atoms with E-state index in [-0.39, 0.29) is 31.3 Å². The Bertz CT molecular complexity index is 1300. The highest BCUT2D eigenvalue weighted by Gasteiger charge is 2.29.